The average Bonchev–Trinajstić information content (AvgIpc) is 3.43. The minimum atomic E-state index is -0.400. The van der Waals surface area contributed by atoms with Gasteiger partial charge in [-0.2, -0.15) is 0 Å². The summed E-state index contributed by atoms with van der Waals surface area (Å²) < 4.78 is 6.28. The number of nitrogens with zero attached hydrogens (tertiary/aromatic N) is 3. The summed E-state index contributed by atoms with van der Waals surface area (Å²) in [4.78, 5) is 17.8. The highest BCUT2D eigenvalue weighted by molar-refractivity contribution is 7.80. The number of aromatic nitrogens is 1. The number of para-hydroxylation sites is 1. The molecule has 0 spiro atoms. The highest BCUT2D eigenvalue weighted by Gasteiger charge is 2.42. The number of furan rings is 1. The lowest BCUT2D eigenvalue weighted by Crippen LogP contribution is -2.29. The van der Waals surface area contributed by atoms with Crippen LogP contribution in [0, 0.1) is 24.0 Å². The van der Waals surface area contributed by atoms with Crippen molar-refractivity contribution in [1.29, 1.82) is 0 Å². The van der Waals surface area contributed by atoms with Gasteiger partial charge in [-0.05, 0) is 79.7 Å². The second-order valence-corrected chi connectivity index (χ2v) is 8.71. The Morgan fingerprint density at radius 2 is 1.76 bits per heavy atom. The summed E-state index contributed by atoms with van der Waals surface area (Å²) in [6.07, 6.45) is 1.75. The van der Waals surface area contributed by atoms with E-state index in [1.54, 1.807) is 30.5 Å². The van der Waals surface area contributed by atoms with Gasteiger partial charge < -0.3 is 14.6 Å². The van der Waals surface area contributed by atoms with E-state index in [4.69, 9.17) is 16.6 Å². The van der Waals surface area contributed by atoms with Crippen molar-refractivity contribution in [2.75, 3.05) is 4.90 Å². The van der Waals surface area contributed by atoms with Gasteiger partial charge in [0.05, 0.1) is 22.2 Å². The van der Waals surface area contributed by atoms with E-state index < -0.39 is 4.92 Å². The normalized spacial score (nSPS) is 17.6. The molecule has 1 aliphatic heterocycles. The number of nitrogens with one attached hydrogen (secondary N) is 1. The van der Waals surface area contributed by atoms with Crippen molar-refractivity contribution in [3.05, 3.63) is 112 Å². The Morgan fingerprint density at radius 1 is 1.03 bits per heavy atom. The van der Waals surface area contributed by atoms with Crippen molar-refractivity contribution in [1.82, 2.24) is 10.3 Å². The number of anilines is 1. The predicted molar refractivity (Wildman–Crippen MR) is 135 cm³/mol. The summed E-state index contributed by atoms with van der Waals surface area (Å²) in [5.74, 6) is 1.07. The molecular weight excluding hydrogens is 448 g/mol. The number of rotatable bonds is 5. The van der Waals surface area contributed by atoms with Gasteiger partial charge in [-0.15, -0.1) is 0 Å². The van der Waals surface area contributed by atoms with E-state index in [0.29, 0.717) is 22.2 Å². The van der Waals surface area contributed by atoms with Crippen LogP contribution in [0.5, 0.6) is 0 Å². The number of aryl methyl sites for hydroxylation is 2. The molecule has 8 heteroatoms. The largest absolute Gasteiger partial charge is 0.459 e. The number of pyridine rings is 1. The molecular formula is C26H22N4O3S. The zero-order valence-corrected chi connectivity index (χ0v) is 19.5. The number of thiocarbonyl (C=S) groups is 1. The molecule has 5 rings (SSSR count). The Bertz CT molecular complexity index is 1370. The summed E-state index contributed by atoms with van der Waals surface area (Å²) >= 11 is 5.77. The summed E-state index contributed by atoms with van der Waals surface area (Å²) in [6, 6.07) is 21.6. The van der Waals surface area contributed by atoms with Gasteiger partial charge in [0.1, 0.15) is 17.6 Å². The lowest BCUT2D eigenvalue weighted by molar-refractivity contribution is -0.384. The number of hydrogen-bond donors (Lipinski definition) is 1. The van der Waals surface area contributed by atoms with E-state index in [1.165, 1.54) is 6.07 Å². The Labute approximate surface area is 202 Å². The first-order chi connectivity index (χ1) is 16.4. The molecule has 0 amide bonds. The molecule has 0 radical (unpaired) electrons. The molecule has 3 heterocycles. The molecule has 7 nitrogen and oxygen atoms in total. The molecule has 1 saturated heterocycles. The topological polar surface area (TPSA) is 84.4 Å². The standard InChI is InChI=1S/C26H22N4O3S/c1-16-13-17(2)15-18(14-16)29-25(24(28-26(29)34)20-8-5-6-12-27-20)23-11-10-22(33-23)19-7-3-4-9-21(19)30(31)32/h3-15,24-25H,1-2H3,(H,28,34)/t24-,25-/m1/s1. The minimum Gasteiger partial charge on any atom is -0.459 e. The molecule has 0 unspecified atom stereocenters. The Morgan fingerprint density at radius 3 is 2.47 bits per heavy atom. The van der Waals surface area contributed by atoms with Gasteiger partial charge in [-0.25, -0.2) is 0 Å². The summed E-state index contributed by atoms with van der Waals surface area (Å²) in [7, 11) is 0. The van der Waals surface area contributed by atoms with E-state index in [2.05, 4.69) is 28.5 Å². The quantitative estimate of drug-likeness (QED) is 0.216. The van der Waals surface area contributed by atoms with Crippen molar-refractivity contribution in [2.24, 2.45) is 0 Å². The van der Waals surface area contributed by atoms with Gasteiger partial charge in [-0.3, -0.25) is 15.1 Å². The number of nitro groups is 1. The first-order valence-corrected chi connectivity index (χ1v) is 11.3. The Balaban J connectivity index is 1.64. The van der Waals surface area contributed by atoms with Crippen LogP contribution in [-0.2, 0) is 0 Å². The molecule has 0 bridgehead atoms. The minimum absolute atomic E-state index is 0.00379. The third-order valence-electron chi connectivity index (χ3n) is 5.87. The van der Waals surface area contributed by atoms with E-state index in [9.17, 15) is 10.1 Å². The molecule has 1 N–H and O–H groups in total. The van der Waals surface area contributed by atoms with Crippen molar-refractivity contribution >= 4 is 28.7 Å². The summed E-state index contributed by atoms with van der Waals surface area (Å²) in [5, 5.41) is 15.5. The van der Waals surface area contributed by atoms with E-state index in [0.717, 1.165) is 22.5 Å². The molecule has 2 atom stereocenters. The maximum Gasteiger partial charge on any atom is 0.280 e. The second kappa shape index (κ2) is 8.72. The molecule has 2 aromatic carbocycles. The molecule has 4 aromatic rings. The fraction of sp³-hybridized carbons (Fsp3) is 0.154. The number of nitro benzene ring substituents is 1. The van der Waals surface area contributed by atoms with Crippen LogP contribution in [0.3, 0.4) is 0 Å². The average molecular weight is 471 g/mol. The molecule has 0 saturated carbocycles. The molecule has 2 aromatic heterocycles. The van der Waals surface area contributed by atoms with Crippen LogP contribution in [0.25, 0.3) is 11.3 Å². The third kappa shape index (κ3) is 3.92. The first kappa shape index (κ1) is 21.8. The van der Waals surface area contributed by atoms with E-state index in [1.807, 2.05) is 43.0 Å². The van der Waals surface area contributed by atoms with Crippen molar-refractivity contribution in [3.63, 3.8) is 0 Å². The van der Waals surface area contributed by atoms with Gasteiger partial charge >= 0.3 is 0 Å². The molecule has 0 aliphatic carbocycles. The van der Waals surface area contributed by atoms with Crippen molar-refractivity contribution in [2.45, 2.75) is 25.9 Å². The maximum atomic E-state index is 11.6. The second-order valence-electron chi connectivity index (χ2n) is 8.32. The van der Waals surface area contributed by atoms with Crippen LogP contribution in [0.2, 0.25) is 0 Å². The monoisotopic (exact) mass is 470 g/mol. The predicted octanol–water partition coefficient (Wildman–Crippen LogP) is 6.04. The van der Waals surface area contributed by atoms with Crippen LogP contribution < -0.4 is 10.2 Å². The van der Waals surface area contributed by atoms with Gasteiger partial charge in [0.25, 0.3) is 5.69 Å². The van der Waals surface area contributed by atoms with Gasteiger partial charge in [0.15, 0.2) is 5.11 Å². The van der Waals surface area contributed by atoms with Gasteiger partial charge in [0.2, 0.25) is 0 Å². The lowest BCUT2D eigenvalue weighted by Gasteiger charge is -2.26. The summed E-state index contributed by atoms with van der Waals surface area (Å²) in [6.45, 7) is 4.10. The van der Waals surface area contributed by atoms with Crippen LogP contribution in [0.1, 0.15) is 34.7 Å². The van der Waals surface area contributed by atoms with Crippen molar-refractivity contribution < 1.29 is 9.34 Å². The fourth-order valence-electron chi connectivity index (χ4n) is 4.51. The Hall–Kier alpha value is -4.04. The zero-order valence-electron chi connectivity index (χ0n) is 18.6. The van der Waals surface area contributed by atoms with Gasteiger partial charge in [-0.1, -0.05) is 24.3 Å². The van der Waals surface area contributed by atoms with Crippen molar-refractivity contribution in [3.8, 4) is 11.3 Å². The van der Waals surface area contributed by atoms with E-state index in [-0.39, 0.29) is 17.8 Å². The molecule has 34 heavy (non-hydrogen) atoms. The SMILES string of the molecule is Cc1cc(C)cc(N2C(=S)N[C@H](c3ccccn3)[C@H]2c2ccc(-c3ccccc3[N+](=O)[O-])o2)c1. The van der Waals surface area contributed by atoms with Gasteiger partial charge in [0, 0.05) is 18.0 Å². The van der Waals surface area contributed by atoms with Crippen LogP contribution in [0.4, 0.5) is 11.4 Å². The van der Waals surface area contributed by atoms with Crippen LogP contribution in [-0.4, -0.2) is 15.0 Å². The Kier molecular flexibility index (Phi) is 5.59. The molecule has 1 aliphatic rings. The number of benzene rings is 2. The molecule has 1 fully saturated rings. The first-order valence-electron chi connectivity index (χ1n) is 10.8. The highest BCUT2D eigenvalue weighted by Crippen LogP contribution is 2.44. The molecule has 170 valence electrons. The summed E-state index contributed by atoms with van der Waals surface area (Å²) in [5.41, 5.74) is 4.44. The maximum absolute atomic E-state index is 11.6. The van der Waals surface area contributed by atoms with E-state index >= 15 is 0 Å². The van der Waals surface area contributed by atoms with Crippen LogP contribution >= 0.6 is 12.2 Å². The third-order valence-corrected chi connectivity index (χ3v) is 6.18. The fourth-order valence-corrected chi connectivity index (χ4v) is 4.86. The van der Waals surface area contributed by atoms with Crippen LogP contribution in [0.15, 0.2) is 83.4 Å². The lowest BCUT2D eigenvalue weighted by atomic mass is 10.0. The highest BCUT2D eigenvalue weighted by atomic mass is 32.1. The zero-order chi connectivity index (χ0) is 23.8. The smallest absolute Gasteiger partial charge is 0.280 e. The number of hydrogen-bond acceptors (Lipinski definition) is 5.